The molecule has 0 saturated carbocycles. The van der Waals surface area contributed by atoms with Crippen LogP contribution in [0.3, 0.4) is 0 Å². The van der Waals surface area contributed by atoms with Gasteiger partial charge in [0.05, 0.1) is 11.1 Å². The van der Waals surface area contributed by atoms with Crippen molar-refractivity contribution in [3.05, 3.63) is 115 Å². The molecule has 1 saturated heterocycles. The van der Waals surface area contributed by atoms with Crippen molar-refractivity contribution in [2.45, 2.75) is 24.6 Å². The number of benzene rings is 3. The van der Waals surface area contributed by atoms with Crippen LogP contribution in [0.4, 0.5) is 4.39 Å². The van der Waals surface area contributed by atoms with E-state index in [1.54, 1.807) is 77.6 Å². The first-order chi connectivity index (χ1) is 17.1. The Balaban J connectivity index is 0.00000304. The highest BCUT2D eigenvalue weighted by Gasteiger charge is 2.53. The lowest BCUT2D eigenvalue weighted by molar-refractivity contribution is -0.763. The number of carbonyl (C=O) groups is 2. The van der Waals surface area contributed by atoms with Crippen molar-refractivity contribution in [2.75, 3.05) is 6.61 Å². The molecule has 4 atom stereocenters. The van der Waals surface area contributed by atoms with E-state index in [-0.39, 0.29) is 23.6 Å². The summed E-state index contributed by atoms with van der Waals surface area (Å²) in [5.41, 5.74) is 0.655. The average Bonchev–Trinajstić information content (AvgIpc) is 3.22. The van der Waals surface area contributed by atoms with Gasteiger partial charge in [-0.25, -0.2) is 14.0 Å². The molecule has 3 aromatic carbocycles. The number of esters is 2. The molecule has 1 aliphatic heterocycles. The molecule has 0 N–H and O–H groups in total. The van der Waals surface area contributed by atoms with Crippen molar-refractivity contribution in [3.63, 3.8) is 0 Å². The number of alkyl halides is 1. The van der Waals surface area contributed by atoms with E-state index in [0.29, 0.717) is 11.1 Å². The molecule has 6 nitrogen and oxygen atoms in total. The van der Waals surface area contributed by atoms with Crippen molar-refractivity contribution in [2.24, 2.45) is 0 Å². The minimum absolute atomic E-state index is 0. The molecular weight excluding hydrogens is 529 g/mol. The van der Waals surface area contributed by atoms with E-state index in [1.165, 1.54) is 0 Å². The molecule has 36 heavy (non-hydrogen) atoms. The van der Waals surface area contributed by atoms with Crippen LogP contribution in [0.25, 0.3) is 10.8 Å². The second-order valence-electron chi connectivity index (χ2n) is 8.23. The number of pyridine rings is 1. The predicted octanol–water partition coefficient (Wildman–Crippen LogP) is 1.45. The van der Waals surface area contributed by atoms with Crippen LogP contribution in [-0.4, -0.2) is 36.9 Å². The van der Waals surface area contributed by atoms with Crippen molar-refractivity contribution < 1.29 is 49.7 Å². The van der Waals surface area contributed by atoms with Crippen LogP contribution in [-0.2, 0) is 14.2 Å². The molecular formula is C28H23BrFNO5. The summed E-state index contributed by atoms with van der Waals surface area (Å²) in [6, 6.07) is 26.4. The molecule has 2 heterocycles. The van der Waals surface area contributed by atoms with E-state index in [9.17, 15) is 9.59 Å². The highest BCUT2D eigenvalue weighted by molar-refractivity contribution is 5.90. The van der Waals surface area contributed by atoms with Gasteiger partial charge in [-0.1, -0.05) is 54.6 Å². The molecule has 0 spiro atoms. The van der Waals surface area contributed by atoms with E-state index in [4.69, 9.17) is 14.2 Å². The number of rotatable bonds is 6. The minimum atomic E-state index is -1.69. The molecule has 184 valence electrons. The Hall–Kier alpha value is -3.62. The summed E-state index contributed by atoms with van der Waals surface area (Å²) in [6.07, 6.45) is -1.51. The molecule has 8 heteroatoms. The van der Waals surface area contributed by atoms with Gasteiger partial charge in [0.15, 0.2) is 18.5 Å². The Bertz CT molecular complexity index is 1340. The second-order valence-corrected chi connectivity index (χ2v) is 8.23. The van der Waals surface area contributed by atoms with Gasteiger partial charge in [0, 0.05) is 11.5 Å². The van der Waals surface area contributed by atoms with E-state index < -0.39 is 36.5 Å². The fourth-order valence-electron chi connectivity index (χ4n) is 4.10. The molecule has 0 radical (unpaired) electrons. The maximum absolute atomic E-state index is 15.7. The van der Waals surface area contributed by atoms with Crippen LogP contribution in [0.15, 0.2) is 103 Å². The predicted molar refractivity (Wildman–Crippen MR) is 125 cm³/mol. The molecule has 1 aliphatic rings. The quantitative estimate of drug-likeness (QED) is 0.268. The van der Waals surface area contributed by atoms with Crippen LogP contribution in [0.2, 0.25) is 0 Å². The summed E-state index contributed by atoms with van der Waals surface area (Å²) in [6.45, 7) is -0.272. The van der Waals surface area contributed by atoms with Crippen LogP contribution in [0.5, 0.6) is 0 Å². The van der Waals surface area contributed by atoms with Gasteiger partial charge in [0.25, 0.3) is 6.23 Å². The summed E-state index contributed by atoms with van der Waals surface area (Å²) in [4.78, 5) is 25.2. The topological polar surface area (TPSA) is 65.7 Å². The maximum atomic E-state index is 15.7. The van der Waals surface area contributed by atoms with Crippen molar-refractivity contribution in [3.8, 4) is 0 Å². The number of ether oxygens (including phenoxy) is 3. The SMILES string of the molecule is O=C(OC[C@H]1O[C@H]([n+]2ccc3ccccc3c2)[C@@H](F)[C@@H]1OC(=O)c1ccccc1)c1ccccc1.[Br-]. The summed E-state index contributed by atoms with van der Waals surface area (Å²) in [5.74, 6) is -1.25. The van der Waals surface area contributed by atoms with Crippen molar-refractivity contribution in [1.29, 1.82) is 0 Å². The summed E-state index contributed by atoms with van der Waals surface area (Å²) < 4.78 is 34.3. The zero-order valence-electron chi connectivity index (χ0n) is 19.1. The summed E-state index contributed by atoms with van der Waals surface area (Å²) in [7, 11) is 0. The van der Waals surface area contributed by atoms with Gasteiger partial charge in [-0.15, -0.1) is 0 Å². The minimum Gasteiger partial charge on any atom is -1.00 e. The lowest BCUT2D eigenvalue weighted by Gasteiger charge is -2.19. The monoisotopic (exact) mass is 551 g/mol. The lowest BCUT2D eigenvalue weighted by atomic mass is 10.1. The molecule has 1 fully saturated rings. The first-order valence-corrected chi connectivity index (χ1v) is 11.3. The highest BCUT2D eigenvalue weighted by atomic mass is 79.9. The first-order valence-electron chi connectivity index (χ1n) is 11.3. The Morgan fingerprint density at radius 2 is 1.39 bits per heavy atom. The van der Waals surface area contributed by atoms with Gasteiger partial charge < -0.3 is 31.2 Å². The fraction of sp³-hybridized carbons (Fsp3) is 0.179. The standard InChI is InChI=1S/C28H23FNO5.BrH/c29-24-25(35-28(32)21-12-5-2-6-13-21)23(18-33-27(31)20-10-3-1-4-11-20)34-26(24)30-16-15-19-9-7-8-14-22(19)17-30;/h1-17,23-26H,18H2;1H/q+1;/p-1/t23-,24+,25-,26+;/m1./s1. The smallest absolute Gasteiger partial charge is 0.338 e. The number of nitrogens with zero attached hydrogens (tertiary/aromatic N) is 1. The average molecular weight is 552 g/mol. The third kappa shape index (κ3) is 5.45. The van der Waals surface area contributed by atoms with Gasteiger partial charge in [0.1, 0.15) is 12.7 Å². The number of carbonyl (C=O) groups excluding carboxylic acids is 2. The van der Waals surface area contributed by atoms with E-state index >= 15 is 4.39 Å². The Kier molecular flexibility index (Phi) is 8.07. The van der Waals surface area contributed by atoms with Crippen molar-refractivity contribution in [1.82, 2.24) is 0 Å². The number of fused-ring (bicyclic) bond motifs is 1. The lowest BCUT2D eigenvalue weighted by Crippen LogP contribution is -3.00. The van der Waals surface area contributed by atoms with E-state index in [1.807, 2.05) is 30.3 Å². The van der Waals surface area contributed by atoms with Crippen LogP contribution in [0.1, 0.15) is 26.9 Å². The van der Waals surface area contributed by atoms with Crippen LogP contribution in [0, 0.1) is 0 Å². The third-order valence-corrected chi connectivity index (χ3v) is 5.91. The molecule has 0 amide bonds. The summed E-state index contributed by atoms with van der Waals surface area (Å²) >= 11 is 0. The molecule has 1 aromatic heterocycles. The molecule has 0 aliphatic carbocycles. The van der Waals surface area contributed by atoms with Gasteiger partial charge in [-0.05, 0) is 35.7 Å². The van der Waals surface area contributed by atoms with E-state index in [0.717, 1.165) is 10.8 Å². The fourth-order valence-corrected chi connectivity index (χ4v) is 4.10. The number of halogens is 2. The van der Waals surface area contributed by atoms with Crippen LogP contribution >= 0.6 is 0 Å². The number of hydrogen-bond donors (Lipinski definition) is 0. The second kappa shape index (κ2) is 11.4. The maximum Gasteiger partial charge on any atom is 0.338 e. The van der Waals surface area contributed by atoms with Gasteiger partial charge in [-0.3, -0.25) is 0 Å². The third-order valence-electron chi connectivity index (χ3n) is 5.91. The number of aromatic nitrogens is 1. The van der Waals surface area contributed by atoms with E-state index in [2.05, 4.69) is 0 Å². The normalized spacial score (nSPS) is 20.9. The van der Waals surface area contributed by atoms with Gasteiger partial charge >= 0.3 is 11.9 Å². The molecule has 4 aromatic rings. The van der Waals surface area contributed by atoms with Gasteiger partial charge in [-0.2, -0.15) is 4.57 Å². The largest absolute Gasteiger partial charge is 1.00 e. The zero-order chi connectivity index (χ0) is 24.2. The van der Waals surface area contributed by atoms with Crippen molar-refractivity contribution >= 4 is 22.7 Å². The summed E-state index contributed by atoms with van der Waals surface area (Å²) in [5, 5.41) is 1.90. The van der Waals surface area contributed by atoms with Crippen LogP contribution < -0.4 is 21.5 Å². The molecule has 0 unspecified atom stereocenters. The Morgan fingerprint density at radius 3 is 2.06 bits per heavy atom. The Labute approximate surface area is 218 Å². The van der Waals surface area contributed by atoms with Gasteiger partial charge in [0.2, 0.25) is 6.17 Å². The zero-order valence-corrected chi connectivity index (χ0v) is 20.7. The first kappa shape index (κ1) is 25.5. The molecule has 0 bridgehead atoms. The Morgan fingerprint density at radius 1 is 0.806 bits per heavy atom. The number of hydrogen-bond acceptors (Lipinski definition) is 5. The molecule has 5 rings (SSSR count). The highest BCUT2D eigenvalue weighted by Crippen LogP contribution is 2.32.